The van der Waals surface area contributed by atoms with Crippen molar-refractivity contribution in [2.75, 3.05) is 13.6 Å². The van der Waals surface area contributed by atoms with Crippen molar-refractivity contribution in [3.8, 4) is 5.75 Å². The predicted octanol–water partition coefficient (Wildman–Crippen LogP) is 2.14. The molecule has 1 aromatic carbocycles. The first kappa shape index (κ1) is 14.6. The lowest BCUT2D eigenvalue weighted by Gasteiger charge is -2.17. The Balaban J connectivity index is 2.04. The lowest BCUT2D eigenvalue weighted by atomic mass is 10.2. The zero-order chi connectivity index (χ0) is 14.9. The summed E-state index contributed by atoms with van der Waals surface area (Å²) in [5.41, 5.74) is 0.672. The van der Waals surface area contributed by atoms with Crippen molar-refractivity contribution in [2.24, 2.45) is 0 Å². The summed E-state index contributed by atoms with van der Waals surface area (Å²) < 4.78 is 39.8. The first-order valence-corrected chi connectivity index (χ1v) is 6.07. The monoisotopic (exact) mass is 304 g/mol. The van der Waals surface area contributed by atoms with Gasteiger partial charge >= 0.3 is 6.36 Å². The minimum atomic E-state index is -4.71. The quantitative estimate of drug-likeness (QED) is 0.801. The lowest BCUT2D eigenvalue weighted by Crippen LogP contribution is -2.30. The van der Waals surface area contributed by atoms with Crippen LogP contribution in [0.1, 0.15) is 5.56 Å². The first-order chi connectivity index (χ1) is 9.26. The minimum Gasteiger partial charge on any atom is -0.406 e. The third-order valence-electron chi connectivity index (χ3n) is 2.73. The molecule has 20 heavy (non-hydrogen) atoms. The van der Waals surface area contributed by atoms with E-state index in [4.69, 9.17) is 12.2 Å². The summed E-state index contributed by atoms with van der Waals surface area (Å²) in [5, 5.41) is 0.408. The van der Waals surface area contributed by atoms with Gasteiger partial charge in [-0.1, -0.05) is 12.1 Å². The van der Waals surface area contributed by atoms with Crippen LogP contribution >= 0.6 is 12.2 Å². The van der Waals surface area contributed by atoms with Gasteiger partial charge in [0.2, 0.25) is 5.91 Å². The molecular formula is C12H11F3N2O2S. The van der Waals surface area contributed by atoms with Crippen LogP contribution in [0.3, 0.4) is 0 Å². The highest BCUT2D eigenvalue weighted by Crippen LogP contribution is 2.23. The molecule has 0 radical (unpaired) electrons. The Hall–Kier alpha value is -1.83. The summed E-state index contributed by atoms with van der Waals surface area (Å²) in [6, 6.07) is 5.34. The Morgan fingerprint density at radius 3 is 2.35 bits per heavy atom. The molecule has 1 aliphatic rings. The average Bonchev–Trinajstić information content (AvgIpc) is 2.56. The Morgan fingerprint density at radius 1 is 1.30 bits per heavy atom. The standard InChI is InChI=1S/C12H11F3N2O2S/c1-16-7-10(18)17(11(16)20)6-8-2-4-9(5-3-8)19-12(13,14)15/h2-5H,6-7H2,1H3. The zero-order valence-corrected chi connectivity index (χ0v) is 11.3. The molecule has 1 fully saturated rings. The largest absolute Gasteiger partial charge is 0.573 e. The fourth-order valence-electron chi connectivity index (χ4n) is 1.80. The second kappa shape index (κ2) is 5.28. The van der Waals surface area contributed by atoms with Crippen molar-refractivity contribution in [1.29, 1.82) is 0 Å². The molecule has 1 heterocycles. The summed E-state index contributed by atoms with van der Waals surface area (Å²) in [6.45, 7) is 0.447. The SMILES string of the molecule is CN1CC(=O)N(Cc2ccc(OC(F)(F)F)cc2)C1=S. The number of rotatable bonds is 3. The smallest absolute Gasteiger partial charge is 0.406 e. The van der Waals surface area contributed by atoms with E-state index >= 15 is 0 Å². The number of ether oxygens (including phenoxy) is 1. The molecule has 2 rings (SSSR count). The van der Waals surface area contributed by atoms with Crippen LogP contribution in [0.2, 0.25) is 0 Å². The number of halogens is 3. The molecule has 0 N–H and O–H groups in total. The Labute approximate surface area is 118 Å². The molecule has 0 unspecified atom stereocenters. The maximum absolute atomic E-state index is 12.0. The van der Waals surface area contributed by atoms with Gasteiger partial charge in [-0.05, 0) is 29.9 Å². The van der Waals surface area contributed by atoms with Gasteiger partial charge in [-0.2, -0.15) is 0 Å². The molecule has 1 amide bonds. The fourth-order valence-corrected chi connectivity index (χ4v) is 2.03. The van der Waals surface area contributed by atoms with E-state index in [-0.39, 0.29) is 24.7 Å². The van der Waals surface area contributed by atoms with E-state index < -0.39 is 6.36 Å². The van der Waals surface area contributed by atoms with E-state index in [0.29, 0.717) is 10.7 Å². The highest BCUT2D eigenvalue weighted by molar-refractivity contribution is 7.80. The van der Waals surface area contributed by atoms with E-state index in [1.807, 2.05) is 0 Å². The number of thiocarbonyl (C=S) groups is 1. The number of carbonyl (C=O) groups is 1. The summed E-state index contributed by atoms with van der Waals surface area (Å²) >= 11 is 5.09. The summed E-state index contributed by atoms with van der Waals surface area (Å²) in [7, 11) is 1.71. The molecule has 1 aliphatic heterocycles. The van der Waals surface area contributed by atoms with E-state index in [0.717, 1.165) is 0 Å². The van der Waals surface area contributed by atoms with Gasteiger partial charge in [0.05, 0.1) is 13.1 Å². The van der Waals surface area contributed by atoms with Gasteiger partial charge in [0.1, 0.15) is 5.75 Å². The molecule has 0 spiro atoms. The van der Waals surface area contributed by atoms with Gasteiger partial charge in [-0.3, -0.25) is 9.69 Å². The van der Waals surface area contributed by atoms with Crippen LogP contribution in [0.4, 0.5) is 13.2 Å². The number of alkyl halides is 3. The van der Waals surface area contributed by atoms with Crippen molar-refractivity contribution in [1.82, 2.24) is 9.80 Å². The van der Waals surface area contributed by atoms with Crippen LogP contribution in [0.5, 0.6) is 5.75 Å². The number of hydrogen-bond acceptors (Lipinski definition) is 3. The molecule has 0 aliphatic carbocycles. The van der Waals surface area contributed by atoms with Crippen molar-refractivity contribution < 1.29 is 22.7 Å². The second-order valence-corrected chi connectivity index (χ2v) is 4.68. The summed E-state index contributed by atoms with van der Waals surface area (Å²) in [6.07, 6.45) is -4.71. The lowest BCUT2D eigenvalue weighted by molar-refractivity contribution is -0.274. The number of carbonyl (C=O) groups excluding carboxylic acids is 1. The number of hydrogen-bond donors (Lipinski definition) is 0. The molecular weight excluding hydrogens is 293 g/mol. The third kappa shape index (κ3) is 3.38. The van der Waals surface area contributed by atoms with Crippen LogP contribution in [0, 0.1) is 0 Å². The van der Waals surface area contributed by atoms with Crippen LogP contribution in [0.15, 0.2) is 24.3 Å². The van der Waals surface area contributed by atoms with Gasteiger partial charge in [0.15, 0.2) is 5.11 Å². The molecule has 1 aromatic rings. The summed E-state index contributed by atoms with van der Waals surface area (Å²) in [4.78, 5) is 14.7. The molecule has 8 heteroatoms. The van der Waals surface area contributed by atoms with Crippen molar-refractivity contribution in [3.05, 3.63) is 29.8 Å². The topological polar surface area (TPSA) is 32.8 Å². The molecule has 0 saturated carbocycles. The zero-order valence-electron chi connectivity index (χ0n) is 10.5. The molecule has 108 valence electrons. The molecule has 4 nitrogen and oxygen atoms in total. The normalized spacial score (nSPS) is 16.0. The van der Waals surface area contributed by atoms with Gasteiger partial charge < -0.3 is 9.64 Å². The van der Waals surface area contributed by atoms with Gasteiger partial charge in [0, 0.05) is 7.05 Å². The number of nitrogens with zero attached hydrogens (tertiary/aromatic N) is 2. The third-order valence-corrected chi connectivity index (χ3v) is 3.26. The van der Waals surface area contributed by atoms with Crippen LogP contribution in [-0.2, 0) is 11.3 Å². The van der Waals surface area contributed by atoms with Crippen LogP contribution in [0.25, 0.3) is 0 Å². The van der Waals surface area contributed by atoms with E-state index in [1.54, 1.807) is 11.9 Å². The van der Waals surface area contributed by atoms with E-state index in [1.165, 1.54) is 29.2 Å². The maximum Gasteiger partial charge on any atom is 0.573 e. The fraction of sp³-hybridized carbons (Fsp3) is 0.333. The molecule has 0 atom stereocenters. The first-order valence-electron chi connectivity index (χ1n) is 5.66. The molecule has 0 aromatic heterocycles. The van der Waals surface area contributed by atoms with E-state index in [2.05, 4.69) is 4.74 Å². The predicted molar refractivity (Wildman–Crippen MR) is 68.9 cm³/mol. The van der Waals surface area contributed by atoms with Gasteiger partial charge in [-0.15, -0.1) is 13.2 Å². The van der Waals surface area contributed by atoms with Gasteiger partial charge in [0.25, 0.3) is 0 Å². The van der Waals surface area contributed by atoms with E-state index in [9.17, 15) is 18.0 Å². The Morgan fingerprint density at radius 2 is 1.90 bits per heavy atom. The van der Waals surface area contributed by atoms with Gasteiger partial charge in [-0.25, -0.2) is 0 Å². The Kier molecular flexibility index (Phi) is 3.85. The average molecular weight is 304 g/mol. The highest BCUT2D eigenvalue weighted by Gasteiger charge is 2.31. The number of likely N-dealkylation sites (N-methyl/N-ethyl adjacent to an activating group) is 1. The number of benzene rings is 1. The Bertz CT molecular complexity index is 530. The summed E-state index contributed by atoms with van der Waals surface area (Å²) in [5.74, 6) is -0.429. The maximum atomic E-state index is 12.0. The molecule has 1 saturated heterocycles. The van der Waals surface area contributed by atoms with Crippen molar-refractivity contribution in [3.63, 3.8) is 0 Å². The second-order valence-electron chi connectivity index (χ2n) is 4.31. The minimum absolute atomic E-state index is 0.131. The number of amides is 1. The highest BCUT2D eigenvalue weighted by atomic mass is 32.1. The van der Waals surface area contributed by atoms with Crippen LogP contribution < -0.4 is 4.74 Å². The van der Waals surface area contributed by atoms with Crippen molar-refractivity contribution >= 4 is 23.2 Å². The molecule has 0 bridgehead atoms. The van der Waals surface area contributed by atoms with Crippen LogP contribution in [-0.4, -0.2) is 40.8 Å². The van der Waals surface area contributed by atoms with Crippen molar-refractivity contribution in [2.45, 2.75) is 12.9 Å².